The first kappa shape index (κ1) is 24.8. The Morgan fingerprint density at radius 3 is 1.74 bits per heavy atom. The van der Waals surface area contributed by atoms with E-state index < -0.39 is 45.3 Å². The molecule has 2 bridgehead atoms. The van der Waals surface area contributed by atoms with E-state index in [1.807, 2.05) is 48.5 Å². The Balaban J connectivity index is 1.42. The van der Waals surface area contributed by atoms with Gasteiger partial charge in [0.05, 0.1) is 31.7 Å². The monoisotopic (exact) mass is 550 g/mol. The van der Waals surface area contributed by atoms with Crippen molar-refractivity contribution in [1.29, 1.82) is 0 Å². The Morgan fingerprint density at radius 2 is 1.32 bits per heavy atom. The number of hydrogen-bond acceptors (Lipinski definition) is 5. The lowest BCUT2D eigenvalue weighted by atomic mass is 9.54. The van der Waals surface area contributed by atoms with Crippen LogP contribution in [0.5, 0.6) is 11.5 Å². The van der Waals surface area contributed by atoms with Crippen LogP contribution in [0.2, 0.25) is 0 Å². The number of benzene rings is 3. The number of halogens is 2. The van der Waals surface area contributed by atoms with Gasteiger partial charge in [-0.2, -0.15) is 0 Å². The smallest absolute Gasteiger partial charge is 0.247 e. The molecular formula is C29H24Cl2N2O5. The molecule has 0 aromatic heterocycles. The quantitative estimate of drug-likeness (QED) is 0.370. The number of nitrogens with one attached hydrogen (secondary N) is 1. The van der Waals surface area contributed by atoms with Crippen molar-refractivity contribution in [1.82, 2.24) is 4.90 Å². The molecule has 9 heteroatoms. The van der Waals surface area contributed by atoms with Crippen molar-refractivity contribution < 1.29 is 23.9 Å². The number of likely N-dealkylation sites (tertiary alicyclic amines) is 1. The normalized spacial score (nSPS) is 27.3. The van der Waals surface area contributed by atoms with Gasteiger partial charge in [0.2, 0.25) is 17.7 Å². The molecular weight excluding hydrogens is 527 g/mol. The molecule has 0 spiro atoms. The number of ether oxygens (including phenoxy) is 2. The maximum atomic E-state index is 14.1. The van der Waals surface area contributed by atoms with E-state index in [1.54, 1.807) is 18.2 Å². The first-order valence-corrected chi connectivity index (χ1v) is 12.9. The van der Waals surface area contributed by atoms with Gasteiger partial charge in [-0.25, -0.2) is 0 Å². The molecule has 7 rings (SSSR count). The number of anilines is 1. The molecule has 0 unspecified atom stereocenters. The SMILES string of the molecule is COc1ccc(OC)c(NC(=O)[C@H](C)N2C(=O)[C@H]3[C@H](C2=O)C2(Cl)c4ccccc4C3(Cl)c3ccccc32)c1. The van der Waals surface area contributed by atoms with E-state index >= 15 is 0 Å². The molecule has 3 atom stereocenters. The number of rotatable bonds is 5. The molecule has 38 heavy (non-hydrogen) atoms. The first-order chi connectivity index (χ1) is 18.2. The molecule has 1 aliphatic heterocycles. The van der Waals surface area contributed by atoms with Gasteiger partial charge in [-0.1, -0.05) is 48.5 Å². The molecule has 194 valence electrons. The predicted molar refractivity (Wildman–Crippen MR) is 143 cm³/mol. The van der Waals surface area contributed by atoms with Crippen molar-refractivity contribution in [2.24, 2.45) is 11.8 Å². The van der Waals surface area contributed by atoms with Gasteiger partial charge >= 0.3 is 0 Å². The molecule has 0 radical (unpaired) electrons. The summed E-state index contributed by atoms with van der Waals surface area (Å²) >= 11 is 14.9. The number of methoxy groups -OCH3 is 2. The number of carbonyl (C=O) groups is 3. The second-order valence-corrected chi connectivity index (χ2v) is 10.9. The second-order valence-electron chi connectivity index (χ2n) is 9.75. The third-order valence-electron chi connectivity index (χ3n) is 8.05. The van der Waals surface area contributed by atoms with E-state index in [9.17, 15) is 14.4 Å². The summed E-state index contributed by atoms with van der Waals surface area (Å²) in [6.07, 6.45) is 0. The maximum Gasteiger partial charge on any atom is 0.247 e. The molecule has 1 heterocycles. The van der Waals surface area contributed by atoms with Gasteiger partial charge in [0, 0.05) is 6.07 Å². The number of amides is 3. The minimum atomic E-state index is -1.30. The van der Waals surface area contributed by atoms with Crippen LogP contribution in [0.3, 0.4) is 0 Å². The van der Waals surface area contributed by atoms with Crippen LogP contribution < -0.4 is 14.8 Å². The summed E-state index contributed by atoms with van der Waals surface area (Å²) in [5.41, 5.74) is 3.18. The average Bonchev–Trinajstić information content (AvgIpc) is 3.22. The fourth-order valence-electron chi connectivity index (χ4n) is 6.34. The van der Waals surface area contributed by atoms with E-state index in [0.29, 0.717) is 39.4 Å². The highest BCUT2D eigenvalue weighted by molar-refractivity contribution is 6.36. The maximum absolute atomic E-state index is 14.1. The standard InChI is InChI=1S/C29H24Cl2N2O5/c1-15(25(34)32-21-14-16(37-2)12-13-22(21)38-3)33-26(35)23-24(27(33)36)29(31)18-9-5-4-8-17(18)28(23,30)19-10-6-7-11-20(19)29/h4-15,23-24H,1-3H3,(H,32,34)/t15-,23+,24+,28?,29?/m0/s1. The van der Waals surface area contributed by atoms with Crippen LogP contribution in [-0.2, 0) is 24.1 Å². The van der Waals surface area contributed by atoms with Gasteiger partial charge in [-0.15, -0.1) is 23.2 Å². The Hall–Kier alpha value is -3.55. The predicted octanol–water partition coefficient (Wildman–Crippen LogP) is 4.62. The summed E-state index contributed by atoms with van der Waals surface area (Å²) in [7, 11) is 2.98. The molecule has 3 amide bonds. The van der Waals surface area contributed by atoms with Crippen molar-refractivity contribution in [2.75, 3.05) is 19.5 Å². The third-order valence-corrected chi connectivity index (χ3v) is 9.34. The fraction of sp³-hybridized carbons (Fsp3) is 0.276. The topological polar surface area (TPSA) is 84.9 Å². The summed E-state index contributed by atoms with van der Waals surface area (Å²) in [6.45, 7) is 1.51. The van der Waals surface area contributed by atoms with Gasteiger partial charge in [0.15, 0.2) is 0 Å². The van der Waals surface area contributed by atoms with Crippen LogP contribution >= 0.6 is 23.2 Å². The minimum absolute atomic E-state index is 0.350. The van der Waals surface area contributed by atoms with Crippen LogP contribution in [0.15, 0.2) is 66.7 Å². The van der Waals surface area contributed by atoms with Crippen LogP contribution in [0.4, 0.5) is 5.69 Å². The summed E-state index contributed by atoms with van der Waals surface area (Å²) in [5, 5.41) is 2.77. The lowest BCUT2D eigenvalue weighted by Crippen LogP contribution is -2.57. The first-order valence-electron chi connectivity index (χ1n) is 12.2. The molecule has 3 aromatic carbocycles. The summed E-state index contributed by atoms with van der Waals surface area (Å²) < 4.78 is 10.6. The van der Waals surface area contributed by atoms with Crippen LogP contribution in [0.1, 0.15) is 29.2 Å². The highest BCUT2D eigenvalue weighted by Gasteiger charge is 2.73. The fourth-order valence-corrected chi connectivity index (χ4v) is 7.43. The highest BCUT2D eigenvalue weighted by Crippen LogP contribution is 2.69. The summed E-state index contributed by atoms with van der Waals surface area (Å²) in [5.74, 6) is -2.64. The van der Waals surface area contributed by atoms with Crippen molar-refractivity contribution in [2.45, 2.75) is 22.7 Å². The largest absolute Gasteiger partial charge is 0.497 e. The van der Waals surface area contributed by atoms with Crippen LogP contribution in [0, 0.1) is 11.8 Å². The highest BCUT2D eigenvalue weighted by atomic mass is 35.5. The number of imide groups is 1. The lowest BCUT2D eigenvalue weighted by Gasteiger charge is -2.54. The Labute approximate surface area is 229 Å². The molecule has 1 saturated heterocycles. The van der Waals surface area contributed by atoms with E-state index in [-0.39, 0.29) is 0 Å². The number of nitrogens with zero attached hydrogens (tertiary/aromatic N) is 1. The number of hydrogen-bond donors (Lipinski definition) is 1. The average molecular weight is 551 g/mol. The van der Waals surface area contributed by atoms with Gasteiger partial charge in [0.1, 0.15) is 27.3 Å². The number of carbonyl (C=O) groups excluding carboxylic acids is 3. The molecule has 1 fully saturated rings. The van der Waals surface area contributed by atoms with Crippen molar-refractivity contribution >= 4 is 46.6 Å². The molecule has 0 saturated carbocycles. The van der Waals surface area contributed by atoms with Crippen LogP contribution in [0.25, 0.3) is 0 Å². The molecule has 1 N–H and O–H groups in total. The lowest BCUT2D eigenvalue weighted by molar-refractivity contribution is -0.146. The molecule has 4 aliphatic rings. The van der Waals surface area contributed by atoms with Gasteiger partial charge < -0.3 is 14.8 Å². The van der Waals surface area contributed by atoms with Gasteiger partial charge in [0.25, 0.3) is 0 Å². The zero-order valence-corrected chi connectivity index (χ0v) is 22.3. The Kier molecular flexibility index (Phi) is 5.53. The van der Waals surface area contributed by atoms with E-state index in [2.05, 4.69) is 5.32 Å². The third kappa shape index (κ3) is 3.00. The van der Waals surface area contributed by atoms with Crippen molar-refractivity contribution in [3.05, 3.63) is 89.0 Å². The van der Waals surface area contributed by atoms with Gasteiger partial charge in [-0.3, -0.25) is 19.3 Å². The molecule has 3 aliphatic carbocycles. The Morgan fingerprint density at radius 1 is 0.842 bits per heavy atom. The zero-order chi connectivity index (χ0) is 27.0. The van der Waals surface area contributed by atoms with E-state index in [0.717, 1.165) is 4.90 Å². The zero-order valence-electron chi connectivity index (χ0n) is 20.8. The van der Waals surface area contributed by atoms with Gasteiger partial charge in [-0.05, 0) is 41.3 Å². The van der Waals surface area contributed by atoms with E-state index in [4.69, 9.17) is 32.7 Å². The van der Waals surface area contributed by atoms with Crippen molar-refractivity contribution in [3.8, 4) is 11.5 Å². The minimum Gasteiger partial charge on any atom is -0.497 e. The molecule has 3 aromatic rings. The molecule has 7 nitrogen and oxygen atoms in total. The summed E-state index contributed by atoms with van der Waals surface area (Å²) in [4.78, 5) is 40.0. The second kappa shape index (κ2) is 8.48. The number of alkyl halides is 2. The Bertz CT molecular complexity index is 1400. The van der Waals surface area contributed by atoms with E-state index in [1.165, 1.54) is 21.1 Å². The summed E-state index contributed by atoms with van der Waals surface area (Å²) in [6, 6.07) is 18.6. The van der Waals surface area contributed by atoms with Crippen LogP contribution in [-0.4, -0.2) is 42.9 Å². The van der Waals surface area contributed by atoms with Crippen molar-refractivity contribution in [3.63, 3.8) is 0 Å².